The average Bonchev–Trinajstić information content (AvgIpc) is 3.37. The normalized spacial score (nSPS) is 10.8. The van der Waals surface area contributed by atoms with Crippen LogP contribution in [0, 0.1) is 13.8 Å². The minimum absolute atomic E-state index is 0.697. The van der Waals surface area contributed by atoms with Crippen LogP contribution in [-0.2, 0) is 0 Å². The van der Waals surface area contributed by atoms with Crippen molar-refractivity contribution >= 4 is 34.7 Å². The molecule has 5 aromatic rings. The molecule has 0 saturated carbocycles. The number of hydrogen-bond donors (Lipinski definition) is 0. The van der Waals surface area contributed by atoms with E-state index >= 15 is 0 Å². The van der Waals surface area contributed by atoms with E-state index in [0.29, 0.717) is 5.56 Å². The summed E-state index contributed by atoms with van der Waals surface area (Å²) in [6.45, 7) is 4.22. The largest absolute Gasteiger partial charge is 0.311 e. The molecule has 0 fully saturated rings. The molecule has 0 radical (unpaired) electrons. The van der Waals surface area contributed by atoms with E-state index in [-0.39, 0.29) is 0 Å². The third-order valence-corrected chi connectivity index (χ3v) is 7.12. The fraction of sp³-hybridized carbons (Fsp3) is 0.0645. The van der Waals surface area contributed by atoms with Gasteiger partial charge in [-0.15, -0.1) is 11.3 Å². The zero-order valence-corrected chi connectivity index (χ0v) is 20.0. The van der Waals surface area contributed by atoms with Gasteiger partial charge in [0, 0.05) is 32.4 Å². The van der Waals surface area contributed by atoms with Gasteiger partial charge in [0.1, 0.15) is 6.29 Å². The number of thiophene rings is 1. The Labute approximate surface area is 204 Å². The van der Waals surface area contributed by atoms with Gasteiger partial charge in [0.25, 0.3) is 0 Å². The van der Waals surface area contributed by atoms with Crippen LogP contribution in [0.25, 0.3) is 20.9 Å². The molecule has 0 atom stereocenters. The van der Waals surface area contributed by atoms with E-state index in [1.807, 2.05) is 24.3 Å². The Bertz CT molecular complexity index is 1350. The maximum atomic E-state index is 10.9. The standard InChI is InChI=1S/C31H25NOS/c1-22-3-13-27(14-4-22)32(28-15-5-23(2)6-16-28)29-17-11-26(12-18-29)31-20-19-30(34-31)25-9-7-24(21-33)8-10-25/h3-21H,1-2H3. The molecule has 5 rings (SSSR count). The van der Waals surface area contributed by atoms with Crippen LogP contribution in [0.3, 0.4) is 0 Å². The molecule has 166 valence electrons. The Kier molecular flexibility index (Phi) is 6.11. The number of hydrogen-bond acceptors (Lipinski definition) is 3. The summed E-state index contributed by atoms with van der Waals surface area (Å²) in [5.41, 5.74) is 8.91. The number of rotatable bonds is 6. The molecule has 0 bridgehead atoms. The lowest BCUT2D eigenvalue weighted by atomic mass is 10.1. The highest BCUT2D eigenvalue weighted by atomic mass is 32.1. The SMILES string of the molecule is Cc1ccc(N(c2ccc(C)cc2)c2ccc(-c3ccc(-c4ccc(C=O)cc4)s3)cc2)cc1. The van der Waals surface area contributed by atoms with Crippen LogP contribution in [0.5, 0.6) is 0 Å². The summed E-state index contributed by atoms with van der Waals surface area (Å²) in [6.07, 6.45) is 0.877. The predicted octanol–water partition coefficient (Wildman–Crippen LogP) is 8.98. The van der Waals surface area contributed by atoms with Crippen molar-refractivity contribution in [3.8, 4) is 20.9 Å². The van der Waals surface area contributed by atoms with Gasteiger partial charge in [-0.1, -0.05) is 71.8 Å². The summed E-state index contributed by atoms with van der Waals surface area (Å²) in [7, 11) is 0. The van der Waals surface area contributed by atoms with Crippen LogP contribution in [0.15, 0.2) is 109 Å². The van der Waals surface area contributed by atoms with Crippen molar-refractivity contribution in [2.45, 2.75) is 13.8 Å². The third-order valence-electron chi connectivity index (χ3n) is 5.93. The highest BCUT2D eigenvalue weighted by molar-refractivity contribution is 7.18. The lowest BCUT2D eigenvalue weighted by Gasteiger charge is -2.26. The summed E-state index contributed by atoms with van der Waals surface area (Å²) in [5.74, 6) is 0. The molecule has 0 unspecified atom stereocenters. The first-order valence-electron chi connectivity index (χ1n) is 11.3. The van der Waals surface area contributed by atoms with Crippen LogP contribution < -0.4 is 4.90 Å². The number of anilines is 3. The zero-order chi connectivity index (χ0) is 23.5. The molecule has 0 saturated heterocycles. The van der Waals surface area contributed by atoms with E-state index in [1.54, 1.807) is 11.3 Å². The van der Waals surface area contributed by atoms with Crippen LogP contribution >= 0.6 is 11.3 Å². The van der Waals surface area contributed by atoms with Crippen LogP contribution in [0.2, 0.25) is 0 Å². The van der Waals surface area contributed by atoms with E-state index < -0.39 is 0 Å². The molecule has 1 aromatic heterocycles. The molecule has 34 heavy (non-hydrogen) atoms. The second-order valence-electron chi connectivity index (χ2n) is 8.46. The fourth-order valence-corrected chi connectivity index (χ4v) is 5.00. The Morgan fingerprint density at radius 1 is 0.529 bits per heavy atom. The van der Waals surface area contributed by atoms with Gasteiger partial charge in [0.15, 0.2) is 0 Å². The minimum Gasteiger partial charge on any atom is -0.311 e. The Hall–Kier alpha value is -3.95. The van der Waals surface area contributed by atoms with Gasteiger partial charge >= 0.3 is 0 Å². The van der Waals surface area contributed by atoms with E-state index in [0.717, 1.165) is 28.9 Å². The fourth-order valence-electron chi connectivity index (χ4n) is 3.98. The smallest absolute Gasteiger partial charge is 0.150 e. The van der Waals surface area contributed by atoms with Crippen LogP contribution in [0.1, 0.15) is 21.5 Å². The van der Waals surface area contributed by atoms with Crippen molar-refractivity contribution in [2.24, 2.45) is 0 Å². The van der Waals surface area contributed by atoms with E-state index in [1.165, 1.54) is 26.4 Å². The Balaban J connectivity index is 1.46. The van der Waals surface area contributed by atoms with Gasteiger partial charge in [-0.3, -0.25) is 4.79 Å². The van der Waals surface area contributed by atoms with Crippen molar-refractivity contribution in [2.75, 3.05) is 4.90 Å². The second-order valence-corrected chi connectivity index (χ2v) is 9.54. The molecule has 4 aromatic carbocycles. The maximum Gasteiger partial charge on any atom is 0.150 e. The topological polar surface area (TPSA) is 20.3 Å². The Morgan fingerprint density at radius 2 is 0.912 bits per heavy atom. The Morgan fingerprint density at radius 3 is 1.32 bits per heavy atom. The second kappa shape index (κ2) is 9.50. The van der Waals surface area contributed by atoms with Crippen molar-refractivity contribution < 1.29 is 4.79 Å². The van der Waals surface area contributed by atoms with E-state index in [2.05, 4.69) is 104 Å². The molecule has 3 heteroatoms. The van der Waals surface area contributed by atoms with Gasteiger partial charge in [-0.05, 0) is 73.5 Å². The van der Waals surface area contributed by atoms with Gasteiger partial charge in [-0.25, -0.2) is 0 Å². The molecule has 0 aliphatic carbocycles. The quantitative estimate of drug-likeness (QED) is 0.236. The first-order chi connectivity index (χ1) is 16.6. The van der Waals surface area contributed by atoms with Gasteiger partial charge < -0.3 is 4.90 Å². The molecular weight excluding hydrogens is 434 g/mol. The van der Waals surface area contributed by atoms with E-state index in [9.17, 15) is 4.79 Å². The summed E-state index contributed by atoms with van der Waals surface area (Å²) in [4.78, 5) is 15.6. The van der Waals surface area contributed by atoms with Crippen molar-refractivity contribution in [1.29, 1.82) is 0 Å². The van der Waals surface area contributed by atoms with Gasteiger partial charge in [0.05, 0.1) is 0 Å². The molecule has 1 heterocycles. The molecule has 0 spiro atoms. The number of aldehydes is 1. The number of carbonyl (C=O) groups is 1. The number of nitrogens with zero attached hydrogens (tertiary/aromatic N) is 1. The zero-order valence-electron chi connectivity index (χ0n) is 19.2. The molecule has 0 aliphatic rings. The first-order valence-corrected chi connectivity index (χ1v) is 12.1. The number of benzene rings is 4. The van der Waals surface area contributed by atoms with E-state index in [4.69, 9.17) is 0 Å². The molecule has 0 amide bonds. The number of carbonyl (C=O) groups excluding carboxylic acids is 1. The third kappa shape index (κ3) is 4.57. The summed E-state index contributed by atoms with van der Waals surface area (Å²) >= 11 is 1.76. The summed E-state index contributed by atoms with van der Waals surface area (Å²) in [6, 6.07) is 38.1. The minimum atomic E-state index is 0.697. The maximum absolute atomic E-state index is 10.9. The monoisotopic (exact) mass is 459 g/mol. The van der Waals surface area contributed by atoms with Gasteiger partial charge in [0.2, 0.25) is 0 Å². The molecule has 2 nitrogen and oxygen atoms in total. The van der Waals surface area contributed by atoms with Gasteiger partial charge in [-0.2, -0.15) is 0 Å². The van der Waals surface area contributed by atoms with Crippen molar-refractivity contribution in [3.05, 3.63) is 126 Å². The van der Waals surface area contributed by atoms with Crippen LogP contribution in [-0.4, -0.2) is 6.29 Å². The lowest BCUT2D eigenvalue weighted by Crippen LogP contribution is -2.09. The van der Waals surface area contributed by atoms with Crippen molar-refractivity contribution in [1.82, 2.24) is 0 Å². The first kappa shape index (κ1) is 21.9. The molecule has 0 N–H and O–H groups in total. The highest BCUT2D eigenvalue weighted by Crippen LogP contribution is 2.38. The highest BCUT2D eigenvalue weighted by Gasteiger charge is 2.13. The van der Waals surface area contributed by atoms with Crippen LogP contribution in [0.4, 0.5) is 17.1 Å². The summed E-state index contributed by atoms with van der Waals surface area (Å²) < 4.78 is 0. The van der Waals surface area contributed by atoms with Crippen molar-refractivity contribution in [3.63, 3.8) is 0 Å². The number of aryl methyl sites for hydroxylation is 2. The average molecular weight is 460 g/mol. The predicted molar refractivity (Wildman–Crippen MR) is 145 cm³/mol. The molecular formula is C31H25NOS. The summed E-state index contributed by atoms with van der Waals surface area (Å²) in [5, 5.41) is 0. The lowest BCUT2D eigenvalue weighted by molar-refractivity contribution is 0.112. The molecule has 0 aliphatic heterocycles.